The molecule has 5 nitrogen and oxygen atoms in total. The van der Waals surface area contributed by atoms with Crippen LogP contribution in [0.4, 0.5) is 5.69 Å². The monoisotopic (exact) mass is 395 g/mol. The number of nitrogens with one attached hydrogen (secondary N) is 1. The van der Waals surface area contributed by atoms with Gasteiger partial charge in [0.25, 0.3) is 5.91 Å². The maximum Gasteiger partial charge on any atom is 0.256 e. The molecule has 28 heavy (non-hydrogen) atoms. The third-order valence-corrected chi connectivity index (χ3v) is 6.11. The number of aryl methyl sites for hydroxylation is 1. The Morgan fingerprint density at radius 1 is 1.18 bits per heavy atom. The van der Waals surface area contributed by atoms with Gasteiger partial charge in [-0.2, -0.15) is 0 Å². The smallest absolute Gasteiger partial charge is 0.256 e. The molecule has 3 aromatic rings. The van der Waals surface area contributed by atoms with E-state index < -0.39 is 0 Å². The van der Waals surface area contributed by atoms with Crippen LogP contribution in [-0.2, 0) is 11.3 Å². The Kier molecular flexibility index (Phi) is 5.50. The van der Waals surface area contributed by atoms with Gasteiger partial charge in [0.05, 0.1) is 18.8 Å². The maximum atomic E-state index is 13.2. The van der Waals surface area contributed by atoms with Crippen LogP contribution < -0.4 is 4.90 Å². The molecule has 1 N–H and O–H groups in total. The van der Waals surface area contributed by atoms with Crippen molar-refractivity contribution in [3.05, 3.63) is 64.8 Å². The summed E-state index contributed by atoms with van der Waals surface area (Å²) in [6.07, 6.45) is 3.71. The molecule has 0 aliphatic carbocycles. The van der Waals surface area contributed by atoms with Crippen LogP contribution in [0.1, 0.15) is 20.8 Å². The number of aromatic amines is 1. The molecule has 0 spiro atoms. The zero-order valence-corrected chi connectivity index (χ0v) is 17.1. The van der Waals surface area contributed by atoms with Gasteiger partial charge in [0.15, 0.2) is 0 Å². The van der Waals surface area contributed by atoms with Crippen LogP contribution >= 0.6 is 11.3 Å². The van der Waals surface area contributed by atoms with E-state index in [1.807, 2.05) is 19.3 Å². The lowest BCUT2D eigenvalue weighted by Gasteiger charge is -2.31. The summed E-state index contributed by atoms with van der Waals surface area (Å²) in [6.45, 7) is 5.91. The van der Waals surface area contributed by atoms with Crippen LogP contribution in [0.15, 0.2) is 48.8 Å². The predicted molar refractivity (Wildman–Crippen MR) is 114 cm³/mol. The molecule has 2 aromatic heterocycles. The van der Waals surface area contributed by atoms with Gasteiger partial charge in [-0.05, 0) is 30.7 Å². The first-order valence-electron chi connectivity index (χ1n) is 9.53. The van der Waals surface area contributed by atoms with E-state index >= 15 is 0 Å². The van der Waals surface area contributed by atoms with Crippen molar-refractivity contribution in [2.75, 3.05) is 38.3 Å². The van der Waals surface area contributed by atoms with Crippen LogP contribution in [0.2, 0.25) is 0 Å². The summed E-state index contributed by atoms with van der Waals surface area (Å²) in [4.78, 5) is 22.8. The van der Waals surface area contributed by atoms with Crippen molar-refractivity contribution in [2.24, 2.45) is 0 Å². The number of H-pyrrole nitrogens is 1. The minimum atomic E-state index is 0.0269. The summed E-state index contributed by atoms with van der Waals surface area (Å²) < 4.78 is 5.48. The molecule has 1 saturated heterocycles. The lowest BCUT2D eigenvalue weighted by atomic mass is 10.1. The van der Waals surface area contributed by atoms with Crippen molar-refractivity contribution in [1.29, 1.82) is 0 Å². The molecule has 0 atom stereocenters. The molecule has 0 unspecified atom stereocenters. The van der Waals surface area contributed by atoms with Crippen molar-refractivity contribution in [2.45, 2.75) is 13.5 Å². The minimum absolute atomic E-state index is 0.0269. The Balaban J connectivity index is 1.54. The topological polar surface area (TPSA) is 48.6 Å². The number of rotatable bonds is 5. The molecule has 6 heteroatoms. The first kappa shape index (κ1) is 18.8. The molecule has 1 amide bonds. The lowest BCUT2D eigenvalue weighted by molar-refractivity contribution is 0.0786. The van der Waals surface area contributed by atoms with Gasteiger partial charge < -0.3 is 19.5 Å². The molecule has 0 bridgehead atoms. The predicted octanol–water partition coefficient (Wildman–Crippen LogP) is 4.16. The molecule has 1 fully saturated rings. The first-order valence-corrected chi connectivity index (χ1v) is 10.3. The van der Waals surface area contributed by atoms with Gasteiger partial charge in [-0.25, -0.2) is 0 Å². The number of benzene rings is 1. The number of carbonyl (C=O) groups is 1. The molecular weight excluding hydrogens is 370 g/mol. The number of thiophene rings is 1. The summed E-state index contributed by atoms with van der Waals surface area (Å²) >= 11 is 1.70. The van der Waals surface area contributed by atoms with Crippen LogP contribution in [-0.4, -0.2) is 49.1 Å². The van der Waals surface area contributed by atoms with E-state index in [1.54, 1.807) is 22.4 Å². The number of carbonyl (C=O) groups excluding carboxylic acids is 1. The van der Waals surface area contributed by atoms with Gasteiger partial charge in [-0.1, -0.05) is 18.2 Å². The van der Waals surface area contributed by atoms with Gasteiger partial charge in [0, 0.05) is 60.1 Å². The summed E-state index contributed by atoms with van der Waals surface area (Å²) in [5.41, 5.74) is 4.03. The minimum Gasteiger partial charge on any atom is -0.378 e. The Morgan fingerprint density at radius 3 is 2.71 bits per heavy atom. The second-order valence-corrected chi connectivity index (χ2v) is 8.37. The fourth-order valence-electron chi connectivity index (χ4n) is 3.61. The zero-order valence-electron chi connectivity index (χ0n) is 16.3. The third kappa shape index (κ3) is 3.84. The second kappa shape index (κ2) is 8.20. The van der Waals surface area contributed by atoms with Crippen LogP contribution in [0, 0.1) is 6.92 Å². The normalized spacial score (nSPS) is 14.3. The van der Waals surface area contributed by atoms with Crippen molar-refractivity contribution in [3.63, 3.8) is 0 Å². The first-order chi connectivity index (χ1) is 13.6. The molecule has 1 aliphatic rings. The molecule has 146 valence electrons. The van der Waals surface area contributed by atoms with Crippen molar-refractivity contribution in [3.8, 4) is 10.4 Å². The number of para-hydroxylation sites is 1. The van der Waals surface area contributed by atoms with Crippen molar-refractivity contribution < 1.29 is 9.53 Å². The number of nitrogens with zero attached hydrogens (tertiary/aromatic N) is 2. The highest BCUT2D eigenvalue weighted by atomic mass is 32.1. The highest BCUT2D eigenvalue weighted by Crippen LogP contribution is 2.31. The van der Waals surface area contributed by atoms with Gasteiger partial charge in [-0.3, -0.25) is 4.79 Å². The van der Waals surface area contributed by atoms with E-state index in [0.29, 0.717) is 12.1 Å². The number of ether oxygens (including phenoxy) is 1. The molecule has 1 aromatic carbocycles. The third-order valence-electron chi connectivity index (χ3n) is 5.08. The quantitative estimate of drug-likeness (QED) is 0.706. The van der Waals surface area contributed by atoms with Crippen LogP contribution in [0.25, 0.3) is 10.4 Å². The average molecular weight is 396 g/mol. The Hall–Kier alpha value is -2.57. The standard InChI is InChI=1S/C22H25N3O2S/c1-16-7-8-21(28-16)18-13-23-14-19(18)22(26)24(2)15-17-5-3-4-6-20(17)25-9-11-27-12-10-25/h3-8,13-14,23H,9-12,15H2,1-2H3. The summed E-state index contributed by atoms with van der Waals surface area (Å²) in [5.74, 6) is 0.0269. The van der Waals surface area contributed by atoms with E-state index in [1.165, 1.54) is 10.6 Å². The number of amides is 1. The fraction of sp³-hybridized carbons (Fsp3) is 0.318. The second-order valence-electron chi connectivity index (χ2n) is 7.08. The average Bonchev–Trinajstić information content (AvgIpc) is 3.37. The Bertz CT molecular complexity index is 956. The Labute approximate surface area is 169 Å². The van der Waals surface area contributed by atoms with Crippen LogP contribution in [0.3, 0.4) is 0 Å². The van der Waals surface area contributed by atoms with Gasteiger partial charge in [-0.15, -0.1) is 11.3 Å². The SMILES string of the molecule is Cc1ccc(-c2c[nH]cc2C(=O)N(C)Cc2ccccc2N2CCOCC2)s1. The van der Waals surface area contributed by atoms with Gasteiger partial charge in [0.1, 0.15) is 0 Å². The van der Waals surface area contributed by atoms with E-state index in [4.69, 9.17) is 4.74 Å². The van der Waals surface area contributed by atoms with Gasteiger partial charge >= 0.3 is 0 Å². The number of hydrogen-bond acceptors (Lipinski definition) is 4. The van der Waals surface area contributed by atoms with Crippen molar-refractivity contribution >= 4 is 22.9 Å². The lowest BCUT2D eigenvalue weighted by Crippen LogP contribution is -2.37. The zero-order chi connectivity index (χ0) is 19.5. The van der Waals surface area contributed by atoms with Gasteiger partial charge in [0.2, 0.25) is 0 Å². The summed E-state index contributed by atoms with van der Waals surface area (Å²) in [5, 5.41) is 0. The summed E-state index contributed by atoms with van der Waals surface area (Å²) in [7, 11) is 1.87. The molecule has 3 heterocycles. The number of anilines is 1. The fourth-order valence-corrected chi connectivity index (χ4v) is 4.51. The highest BCUT2D eigenvalue weighted by Gasteiger charge is 2.21. The van der Waals surface area contributed by atoms with E-state index in [9.17, 15) is 4.79 Å². The summed E-state index contributed by atoms with van der Waals surface area (Å²) in [6, 6.07) is 12.5. The number of morpholine rings is 1. The molecule has 0 saturated carbocycles. The molecule has 0 radical (unpaired) electrons. The maximum absolute atomic E-state index is 13.2. The van der Waals surface area contributed by atoms with Crippen molar-refractivity contribution in [1.82, 2.24) is 9.88 Å². The van der Waals surface area contributed by atoms with E-state index in [2.05, 4.69) is 47.1 Å². The van der Waals surface area contributed by atoms with E-state index in [-0.39, 0.29) is 5.91 Å². The van der Waals surface area contributed by atoms with Crippen LogP contribution in [0.5, 0.6) is 0 Å². The molecule has 4 rings (SSSR count). The number of aromatic nitrogens is 1. The Morgan fingerprint density at radius 2 is 1.96 bits per heavy atom. The highest BCUT2D eigenvalue weighted by molar-refractivity contribution is 7.15. The largest absolute Gasteiger partial charge is 0.378 e. The molecular formula is C22H25N3O2S. The van der Waals surface area contributed by atoms with E-state index in [0.717, 1.165) is 42.3 Å². The number of hydrogen-bond donors (Lipinski definition) is 1. The molecule has 1 aliphatic heterocycles.